The number of fused-ring (bicyclic) bond motifs is 3. The molecule has 138 valence electrons. The summed E-state index contributed by atoms with van der Waals surface area (Å²) in [6, 6.07) is 1.82. The second-order valence-electron chi connectivity index (χ2n) is 7.03. The SMILES string of the molecule is CCc1c(C)cc(C(=O)N2CC[C@H]3[C@H](C2)OCc2cnnn23)c(=O)n1C. The molecular formula is C18H23N5O3. The molecule has 0 bridgehead atoms. The number of piperidine rings is 1. The van der Waals surface area contributed by atoms with Crippen molar-refractivity contribution in [3.05, 3.63) is 45.1 Å². The lowest BCUT2D eigenvalue weighted by atomic mass is 9.99. The number of carbonyl (C=O) groups excluding carboxylic acids is 1. The molecule has 0 unspecified atom stereocenters. The number of likely N-dealkylation sites (tertiary alicyclic amines) is 1. The number of aromatic nitrogens is 4. The topological polar surface area (TPSA) is 82.2 Å². The molecule has 2 aromatic rings. The molecule has 1 fully saturated rings. The van der Waals surface area contributed by atoms with E-state index in [-0.39, 0.29) is 29.2 Å². The third kappa shape index (κ3) is 2.56. The van der Waals surface area contributed by atoms with Gasteiger partial charge in [-0.05, 0) is 31.4 Å². The molecule has 4 rings (SSSR count). The zero-order valence-electron chi connectivity index (χ0n) is 15.3. The van der Waals surface area contributed by atoms with Gasteiger partial charge in [-0.1, -0.05) is 12.1 Å². The van der Waals surface area contributed by atoms with Crippen LogP contribution in [0.25, 0.3) is 0 Å². The van der Waals surface area contributed by atoms with Gasteiger partial charge in [-0.3, -0.25) is 9.59 Å². The van der Waals surface area contributed by atoms with E-state index in [1.807, 2.05) is 18.5 Å². The summed E-state index contributed by atoms with van der Waals surface area (Å²) in [5.74, 6) is -0.220. The average molecular weight is 357 g/mol. The number of aryl methyl sites for hydroxylation is 1. The summed E-state index contributed by atoms with van der Waals surface area (Å²) in [6.07, 6.45) is 3.09. The van der Waals surface area contributed by atoms with Gasteiger partial charge in [0.1, 0.15) is 5.56 Å². The van der Waals surface area contributed by atoms with E-state index in [1.165, 1.54) is 0 Å². The average Bonchev–Trinajstić information content (AvgIpc) is 3.13. The van der Waals surface area contributed by atoms with Crippen molar-refractivity contribution >= 4 is 5.91 Å². The van der Waals surface area contributed by atoms with Gasteiger partial charge in [-0.15, -0.1) is 5.10 Å². The van der Waals surface area contributed by atoms with Gasteiger partial charge < -0.3 is 14.2 Å². The van der Waals surface area contributed by atoms with Crippen LogP contribution in [0.1, 0.15) is 46.7 Å². The molecule has 2 atom stereocenters. The number of rotatable bonds is 2. The zero-order chi connectivity index (χ0) is 18.4. The molecule has 26 heavy (non-hydrogen) atoms. The normalized spacial score (nSPS) is 22.0. The summed E-state index contributed by atoms with van der Waals surface area (Å²) in [6.45, 7) is 5.42. The fourth-order valence-electron chi connectivity index (χ4n) is 4.14. The van der Waals surface area contributed by atoms with Crippen molar-refractivity contribution < 1.29 is 9.53 Å². The number of hydrogen-bond acceptors (Lipinski definition) is 5. The highest BCUT2D eigenvalue weighted by molar-refractivity contribution is 5.94. The molecule has 1 saturated heterocycles. The maximum atomic E-state index is 13.0. The Hall–Kier alpha value is -2.48. The first-order chi connectivity index (χ1) is 12.5. The highest BCUT2D eigenvalue weighted by Gasteiger charge is 2.38. The first-order valence-electron chi connectivity index (χ1n) is 9.00. The third-order valence-corrected chi connectivity index (χ3v) is 5.54. The summed E-state index contributed by atoms with van der Waals surface area (Å²) in [5, 5.41) is 8.11. The van der Waals surface area contributed by atoms with Crippen molar-refractivity contribution in [3.8, 4) is 0 Å². The van der Waals surface area contributed by atoms with Crippen LogP contribution < -0.4 is 5.56 Å². The van der Waals surface area contributed by atoms with Crippen molar-refractivity contribution in [1.29, 1.82) is 0 Å². The number of amides is 1. The second kappa shape index (κ2) is 6.35. The van der Waals surface area contributed by atoms with Gasteiger partial charge in [-0.25, -0.2) is 4.68 Å². The summed E-state index contributed by atoms with van der Waals surface area (Å²) in [7, 11) is 1.73. The molecule has 0 saturated carbocycles. The van der Waals surface area contributed by atoms with Crippen LogP contribution in [0.15, 0.2) is 17.1 Å². The van der Waals surface area contributed by atoms with Gasteiger partial charge in [0.15, 0.2) is 0 Å². The van der Waals surface area contributed by atoms with Crippen molar-refractivity contribution in [1.82, 2.24) is 24.5 Å². The number of hydrogen-bond donors (Lipinski definition) is 0. The fourth-order valence-corrected chi connectivity index (χ4v) is 4.14. The van der Waals surface area contributed by atoms with E-state index in [0.717, 1.165) is 29.8 Å². The number of nitrogens with zero attached hydrogens (tertiary/aromatic N) is 5. The van der Waals surface area contributed by atoms with E-state index >= 15 is 0 Å². The first-order valence-corrected chi connectivity index (χ1v) is 9.00. The number of carbonyl (C=O) groups is 1. The van der Waals surface area contributed by atoms with Crippen molar-refractivity contribution in [3.63, 3.8) is 0 Å². The Morgan fingerprint density at radius 1 is 1.42 bits per heavy atom. The Labute approximate surface area is 151 Å². The molecule has 2 aliphatic heterocycles. The van der Waals surface area contributed by atoms with Gasteiger partial charge >= 0.3 is 0 Å². The van der Waals surface area contributed by atoms with E-state index in [4.69, 9.17) is 4.74 Å². The molecule has 2 aliphatic rings. The van der Waals surface area contributed by atoms with E-state index < -0.39 is 0 Å². The predicted octanol–water partition coefficient (Wildman–Crippen LogP) is 0.834. The van der Waals surface area contributed by atoms with Crippen LogP contribution in [0.2, 0.25) is 0 Å². The Kier molecular flexibility index (Phi) is 4.14. The van der Waals surface area contributed by atoms with Crippen LogP contribution in [-0.4, -0.2) is 49.6 Å². The largest absolute Gasteiger partial charge is 0.368 e. The fraction of sp³-hybridized carbons (Fsp3) is 0.556. The Bertz CT molecular complexity index is 916. The summed E-state index contributed by atoms with van der Waals surface area (Å²) in [5.41, 5.74) is 2.89. The van der Waals surface area contributed by atoms with Gasteiger partial charge in [0, 0.05) is 25.8 Å². The van der Waals surface area contributed by atoms with E-state index in [9.17, 15) is 9.59 Å². The van der Waals surface area contributed by atoms with E-state index in [0.29, 0.717) is 19.7 Å². The van der Waals surface area contributed by atoms with Crippen LogP contribution in [0.4, 0.5) is 0 Å². The number of ether oxygens (including phenoxy) is 1. The zero-order valence-corrected chi connectivity index (χ0v) is 15.3. The first kappa shape index (κ1) is 17.0. The molecule has 2 aromatic heterocycles. The highest BCUT2D eigenvalue weighted by Crippen LogP contribution is 2.30. The van der Waals surface area contributed by atoms with Gasteiger partial charge in [0.2, 0.25) is 0 Å². The molecule has 0 aromatic carbocycles. The standard InChI is InChI=1S/C18H23N5O3/c1-4-14-11(2)7-13(17(24)21(14)3)18(25)22-6-5-15-16(9-22)26-10-12-8-19-20-23(12)15/h7-8,15-16H,4-6,9-10H2,1-3H3/t15-,16-/m0/s1. The van der Waals surface area contributed by atoms with Crippen LogP contribution in [0.5, 0.6) is 0 Å². The van der Waals surface area contributed by atoms with Gasteiger partial charge in [0.25, 0.3) is 11.5 Å². The van der Waals surface area contributed by atoms with Crippen LogP contribution in [-0.2, 0) is 24.8 Å². The highest BCUT2D eigenvalue weighted by atomic mass is 16.5. The molecular weight excluding hydrogens is 334 g/mol. The smallest absolute Gasteiger partial charge is 0.263 e. The molecule has 0 N–H and O–H groups in total. The Morgan fingerprint density at radius 2 is 2.23 bits per heavy atom. The lowest BCUT2D eigenvalue weighted by molar-refractivity contribution is -0.0628. The van der Waals surface area contributed by atoms with Crippen LogP contribution >= 0.6 is 0 Å². The molecule has 8 nitrogen and oxygen atoms in total. The molecule has 8 heteroatoms. The molecule has 0 radical (unpaired) electrons. The van der Waals surface area contributed by atoms with Crippen molar-refractivity contribution in [2.45, 2.75) is 45.4 Å². The minimum atomic E-state index is -0.234. The number of pyridine rings is 1. The Balaban J connectivity index is 1.59. The lowest BCUT2D eigenvalue weighted by Gasteiger charge is -2.40. The second-order valence-corrected chi connectivity index (χ2v) is 7.03. The third-order valence-electron chi connectivity index (χ3n) is 5.54. The van der Waals surface area contributed by atoms with E-state index in [2.05, 4.69) is 10.3 Å². The predicted molar refractivity (Wildman–Crippen MR) is 94.0 cm³/mol. The minimum absolute atomic E-state index is 0.0948. The maximum absolute atomic E-state index is 13.0. The van der Waals surface area contributed by atoms with Gasteiger partial charge in [-0.2, -0.15) is 0 Å². The van der Waals surface area contributed by atoms with Crippen molar-refractivity contribution in [2.75, 3.05) is 13.1 Å². The maximum Gasteiger partial charge on any atom is 0.263 e. The monoisotopic (exact) mass is 357 g/mol. The van der Waals surface area contributed by atoms with Crippen molar-refractivity contribution in [2.24, 2.45) is 7.05 Å². The molecule has 0 aliphatic carbocycles. The quantitative estimate of drug-likeness (QED) is 0.795. The van der Waals surface area contributed by atoms with Gasteiger partial charge in [0.05, 0.1) is 30.6 Å². The van der Waals surface area contributed by atoms with Crippen LogP contribution in [0.3, 0.4) is 0 Å². The molecule has 4 heterocycles. The van der Waals surface area contributed by atoms with Crippen LogP contribution in [0, 0.1) is 6.92 Å². The molecule has 1 amide bonds. The summed E-state index contributed by atoms with van der Waals surface area (Å²) in [4.78, 5) is 27.4. The molecule has 0 spiro atoms. The lowest BCUT2D eigenvalue weighted by Crippen LogP contribution is -2.51. The summed E-state index contributed by atoms with van der Waals surface area (Å²) >= 11 is 0. The minimum Gasteiger partial charge on any atom is -0.368 e. The van der Waals surface area contributed by atoms with E-state index in [1.54, 1.807) is 28.8 Å². The summed E-state index contributed by atoms with van der Waals surface area (Å²) < 4.78 is 9.42. The Morgan fingerprint density at radius 3 is 3.00 bits per heavy atom.